The van der Waals surface area contributed by atoms with E-state index in [1.54, 1.807) is 27.7 Å². The number of hydrogen-bond acceptors (Lipinski definition) is 6. The molecule has 0 spiro atoms. The van der Waals surface area contributed by atoms with Crippen molar-refractivity contribution in [1.29, 1.82) is 0 Å². The zero-order valence-electron chi connectivity index (χ0n) is 18.5. The number of benzene rings is 2. The molecular formula is C22H28B2N4O2. The summed E-state index contributed by atoms with van der Waals surface area (Å²) in [6.45, 7) is 11.1. The predicted molar refractivity (Wildman–Crippen MR) is 123 cm³/mol. The Balaban J connectivity index is 0.000000363. The molecule has 0 amide bonds. The normalized spacial score (nSPS) is 8.60. The Bertz CT molecular complexity index is 789. The van der Waals surface area contributed by atoms with Gasteiger partial charge in [-0.1, -0.05) is 85.4 Å². The van der Waals surface area contributed by atoms with E-state index in [-0.39, 0.29) is 0 Å². The van der Waals surface area contributed by atoms with Crippen LogP contribution in [-0.4, -0.2) is 36.1 Å². The lowest BCUT2D eigenvalue weighted by Crippen LogP contribution is -1.97. The van der Waals surface area contributed by atoms with Crippen LogP contribution in [0, 0.1) is 27.7 Å². The van der Waals surface area contributed by atoms with E-state index in [1.165, 1.54) is 0 Å². The van der Waals surface area contributed by atoms with Crippen LogP contribution in [-0.2, 0) is 0 Å². The van der Waals surface area contributed by atoms with Crippen molar-refractivity contribution >= 4 is 26.6 Å². The largest absolute Gasteiger partial charge is 0.426 e. The van der Waals surface area contributed by atoms with Crippen LogP contribution in [0.1, 0.15) is 37.4 Å². The molecule has 0 fully saturated rings. The minimum absolute atomic E-state index is 0.623. The van der Waals surface area contributed by atoms with Crippen LogP contribution in [0.15, 0.2) is 69.5 Å². The van der Waals surface area contributed by atoms with Gasteiger partial charge in [-0.05, 0) is 0 Å². The van der Waals surface area contributed by atoms with Gasteiger partial charge >= 0.3 is 0 Å². The Morgan fingerprint density at radius 2 is 0.733 bits per heavy atom. The summed E-state index contributed by atoms with van der Waals surface area (Å²) < 4.78 is 9.72. The van der Waals surface area contributed by atoms with Gasteiger partial charge in [0.2, 0.25) is 23.6 Å². The molecular weight excluding hydrogens is 374 g/mol. The van der Waals surface area contributed by atoms with E-state index < -0.39 is 0 Å². The van der Waals surface area contributed by atoms with Crippen LogP contribution in [0.3, 0.4) is 0 Å². The van der Waals surface area contributed by atoms with Crippen LogP contribution in [0.5, 0.6) is 0 Å². The summed E-state index contributed by atoms with van der Waals surface area (Å²) >= 11 is 0. The van der Waals surface area contributed by atoms with Gasteiger partial charge in [-0.3, -0.25) is 0 Å². The quantitative estimate of drug-likeness (QED) is 0.420. The Hall–Kier alpha value is -3.15. The third-order valence-electron chi connectivity index (χ3n) is 2.85. The second-order valence-corrected chi connectivity index (χ2v) is 5.50. The molecule has 2 aromatic heterocycles. The molecule has 4 aromatic rings. The summed E-state index contributed by atoms with van der Waals surface area (Å²) in [6.07, 6.45) is 0. The molecule has 4 rings (SSSR count). The van der Waals surface area contributed by atoms with Gasteiger partial charge in [0.25, 0.3) is 0 Å². The third kappa shape index (κ3) is 14.9. The lowest BCUT2D eigenvalue weighted by Gasteiger charge is -1.83. The molecule has 30 heavy (non-hydrogen) atoms. The molecule has 0 atom stereocenters. The molecule has 0 aliphatic carbocycles. The molecule has 0 bridgehead atoms. The molecule has 2 aromatic carbocycles. The van der Waals surface area contributed by atoms with Crippen molar-refractivity contribution in [2.75, 3.05) is 0 Å². The van der Waals surface area contributed by atoms with Gasteiger partial charge in [-0.2, -0.15) is 0 Å². The van der Waals surface area contributed by atoms with Crippen molar-refractivity contribution in [3.63, 3.8) is 0 Å². The van der Waals surface area contributed by atoms with Crippen LogP contribution >= 0.6 is 0 Å². The van der Waals surface area contributed by atoms with Crippen molar-refractivity contribution in [3.8, 4) is 0 Å². The highest BCUT2D eigenvalue weighted by Crippen LogP contribution is 1.92. The summed E-state index contributed by atoms with van der Waals surface area (Å²) in [5.41, 5.74) is 1.64. The number of nitrogens with zero attached hydrogens (tertiary/aromatic N) is 4. The predicted octanol–water partition coefficient (Wildman–Crippen LogP) is 3.36. The minimum atomic E-state index is 0.623. The first-order valence-electron chi connectivity index (χ1n) is 9.51. The Kier molecular flexibility index (Phi) is 15.0. The molecule has 0 unspecified atom stereocenters. The number of aryl methyl sites for hydroxylation is 4. The first-order valence-corrected chi connectivity index (χ1v) is 9.51. The highest BCUT2D eigenvalue weighted by atomic mass is 16.4. The van der Waals surface area contributed by atoms with Crippen LogP contribution < -0.4 is 10.9 Å². The van der Waals surface area contributed by atoms with E-state index in [2.05, 4.69) is 20.4 Å². The maximum absolute atomic E-state index is 5.36. The molecule has 0 saturated heterocycles. The van der Waals surface area contributed by atoms with E-state index in [4.69, 9.17) is 24.5 Å². The van der Waals surface area contributed by atoms with E-state index in [0.717, 1.165) is 10.9 Å². The van der Waals surface area contributed by atoms with E-state index in [0.29, 0.717) is 23.6 Å². The molecule has 8 heteroatoms. The fraction of sp³-hybridized carbons (Fsp3) is 0.273. The van der Waals surface area contributed by atoms with E-state index >= 15 is 0 Å². The molecule has 0 aliphatic rings. The molecule has 2 heterocycles. The summed E-state index contributed by atoms with van der Waals surface area (Å²) in [4.78, 5) is 0. The highest BCUT2D eigenvalue weighted by molar-refractivity contribution is 6.32. The summed E-state index contributed by atoms with van der Waals surface area (Å²) in [6, 6.07) is 19.0. The van der Waals surface area contributed by atoms with E-state index in [9.17, 15) is 0 Å². The lowest BCUT2D eigenvalue weighted by atomic mass is 9.97. The number of hydrogen-bond donors (Lipinski definition) is 0. The lowest BCUT2D eigenvalue weighted by molar-refractivity contribution is 0.488. The van der Waals surface area contributed by atoms with Crippen molar-refractivity contribution in [3.05, 3.63) is 84.2 Å². The van der Waals surface area contributed by atoms with Crippen molar-refractivity contribution in [2.24, 2.45) is 0 Å². The van der Waals surface area contributed by atoms with Crippen molar-refractivity contribution in [2.45, 2.75) is 41.5 Å². The first kappa shape index (κ1) is 26.8. The zero-order chi connectivity index (χ0) is 22.8. The van der Waals surface area contributed by atoms with Crippen LogP contribution in [0.25, 0.3) is 0 Å². The smallest absolute Gasteiger partial charge is 0.213 e. The molecule has 0 saturated carbocycles. The molecule has 0 aliphatic heterocycles. The SMILES string of the molecule is CC.Cc1nnc(C)o1.Cc1nnc(C)o1.[B]c1ccccc1.[B]c1ccccc1. The summed E-state index contributed by atoms with van der Waals surface area (Å²) in [5, 5.41) is 14.4. The standard InChI is InChI=1S/2C6H5B.2C4H6N2O.C2H6/c2*7-6-4-2-1-3-5-6;2*1-3-5-6-4(2)7-3;1-2/h2*1-5H;2*1-2H3;1-2H3. The average molecular weight is 402 g/mol. The second kappa shape index (κ2) is 16.8. The van der Waals surface area contributed by atoms with E-state index in [1.807, 2.05) is 74.5 Å². The molecule has 154 valence electrons. The van der Waals surface area contributed by atoms with Gasteiger partial charge in [-0.15, -0.1) is 20.4 Å². The Labute approximate surface area is 182 Å². The Morgan fingerprint density at radius 3 is 0.833 bits per heavy atom. The fourth-order valence-corrected chi connectivity index (χ4v) is 1.70. The maximum atomic E-state index is 5.36. The van der Waals surface area contributed by atoms with Gasteiger partial charge in [0.15, 0.2) is 0 Å². The van der Waals surface area contributed by atoms with Gasteiger partial charge in [0, 0.05) is 27.7 Å². The van der Waals surface area contributed by atoms with Crippen molar-refractivity contribution < 1.29 is 8.83 Å². The molecule has 0 N–H and O–H groups in total. The zero-order valence-corrected chi connectivity index (χ0v) is 18.5. The molecule has 6 nitrogen and oxygen atoms in total. The first-order chi connectivity index (χ1) is 14.4. The maximum Gasteiger partial charge on any atom is 0.213 e. The second-order valence-electron chi connectivity index (χ2n) is 5.50. The fourth-order valence-electron chi connectivity index (χ4n) is 1.70. The topological polar surface area (TPSA) is 77.8 Å². The Morgan fingerprint density at radius 1 is 0.500 bits per heavy atom. The van der Waals surface area contributed by atoms with Crippen LogP contribution in [0.4, 0.5) is 0 Å². The summed E-state index contributed by atoms with van der Waals surface area (Å²) in [5.74, 6) is 2.49. The van der Waals surface area contributed by atoms with Crippen LogP contribution in [0.2, 0.25) is 0 Å². The average Bonchev–Trinajstić information content (AvgIpc) is 3.32. The number of aromatic nitrogens is 4. The summed E-state index contributed by atoms with van der Waals surface area (Å²) in [7, 11) is 10.7. The van der Waals surface area contributed by atoms with Gasteiger partial charge in [0.1, 0.15) is 15.7 Å². The van der Waals surface area contributed by atoms with Gasteiger partial charge in [-0.25, -0.2) is 0 Å². The van der Waals surface area contributed by atoms with Gasteiger partial charge in [0.05, 0.1) is 0 Å². The third-order valence-corrected chi connectivity index (χ3v) is 2.85. The van der Waals surface area contributed by atoms with Crippen molar-refractivity contribution in [1.82, 2.24) is 20.4 Å². The highest BCUT2D eigenvalue weighted by Gasteiger charge is 1.90. The minimum Gasteiger partial charge on any atom is -0.426 e. The van der Waals surface area contributed by atoms with Gasteiger partial charge < -0.3 is 8.83 Å². The monoisotopic (exact) mass is 402 g/mol. The number of rotatable bonds is 0. The molecule has 4 radical (unpaired) electrons.